The second-order valence-corrected chi connectivity index (χ2v) is 11.7. The molecule has 1 atom stereocenters. The minimum atomic E-state index is -4.20. The fourth-order valence-electron chi connectivity index (χ4n) is 3.93. The summed E-state index contributed by atoms with van der Waals surface area (Å²) in [6.45, 7) is 4.79. The van der Waals surface area contributed by atoms with E-state index in [1.165, 1.54) is 48.4 Å². The molecule has 1 N–H and O–H groups in total. The number of halogens is 1. The fraction of sp³-hybridized carbons (Fsp3) is 0.310. The highest BCUT2D eigenvalue weighted by molar-refractivity contribution is 7.92. The van der Waals surface area contributed by atoms with E-state index >= 15 is 0 Å². The van der Waals surface area contributed by atoms with Crippen LogP contribution in [-0.2, 0) is 26.2 Å². The van der Waals surface area contributed by atoms with Crippen LogP contribution in [0.5, 0.6) is 11.5 Å². The van der Waals surface area contributed by atoms with Gasteiger partial charge in [0.15, 0.2) is 0 Å². The molecule has 0 fully saturated rings. The lowest BCUT2D eigenvalue weighted by atomic mass is 10.1. The van der Waals surface area contributed by atoms with E-state index in [9.17, 15) is 18.0 Å². The van der Waals surface area contributed by atoms with E-state index in [0.29, 0.717) is 16.5 Å². The Hall–Kier alpha value is -3.76. The number of anilines is 1. The van der Waals surface area contributed by atoms with Crippen molar-refractivity contribution >= 4 is 39.1 Å². The van der Waals surface area contributed by atoms with Gasteiger partial charge < -0.3 is 19.7 Å². The summed E-state index contributed by atoms with van der Waals surface area (Å²) in [5, 5.41) is 3.24. The number of benzene rings is 3. The van der Waals surface area contributed by atoms with E-state index in [0.717, 1.165) is 9.87 Å². The molecule has 214 valence electrons. The van der Waals surface area contributed by atoms with Crippen molar-refractivity contribution in [3.05, 3.63) is 83.4 Å². The van der Waals surface area contributed by atoms with Gasteiger partial charge in [0.05, 0.1) is 24.8 Å². The fourth-order valence-corrected chi connectivity index (χ4v) is 5.47. The van der Waals surface area contributed by atoms with Crippen LogP contribution in [0.2, 0.25) is 5.02 Å². The zero-order chi connectivity index (χ0) is 29.4. The quantitative estimate of drug-likeness (QED) is 0.335. The van der Waals surface area contributed by atoms with Gasteiger partial charge in [-0.25, -0.2) is 8.42 Å². The lowest BCUT2D eigenvalue weighted by molar-refractivity contribution is -0.139. The molecule has 0 saturated heterocycles. The smallest absolute Gasteiger partial charge is 0.264 e. The summed E-state index contributed by atoms with van der Waals surface area (Å²) in [4.78, 5) is 28.2. The normalized spacial score (nSPS) is 12.0. The maximum Gasteiger partial charge on any atom is 0.264 e. The second-order valence-electron chi connectivity index (χ2n) is 9.37. The molecule has 2 amide bonds. The Balaban J connectivity index is 2.01. The number of nitrogens with zero attached hydrogens (tertiary/aromatic N) is 2. The Morgan fingerprint density at radius 2 is 1.38 bits per heavy atom. The molecule has 3 rings (SSSR count). The number of sulfonamides is 1. The van der Waals surface area contributed by atoms with Crippen LogP contribution >= 0.6 is 11.6 Å². The van der Waals surface area contributed by atoms with Crippen molar-refractivity contribution in [1.29, 1.82) is 0 Å². The van der Waals surface area contributed by atoms with Gasteiger partial charge in [0.2, 0.25) is 11.8 Å². The van der Waals surface area contributed by atoms with E-state index in [1.807, 2.05) is 13.8 Å². The highest BCUT2D eigenvalue weighted by Crippen LogP contribution is 2.27. The van der Waals surface area contributed by atoms with Gasteiger partial charge in [-0.2, -0.15) is 0 Å². The molecule has 0 bridgehead atoms. The molecule has 0 heterocycles. The Bertz CT molecular complexity index is 1400. The van der Waals surface area contributed by atoms with Gasteiger partial charge in [-0.05, 0) is 87.0 Å². The van der Waals surface area contributed by atoms with Crippen LogP contribution in [-0.4, -0.2) is 58.0 Å². The molecule has 9 nitrogen and oxygen atoms in total. The van der Waals surface area contributed by atoms with Crippen molar-refractivity contribution in [2.75, 3.05) is 25.1 Å². The SMILES string of the molecule is COc1ccc(CN(C(=O)CN(c2ccc(Cl)cc2)S(=O)(=O)c2ccc(OC)cc2)[C@@H](C)C(=O)NC(C)C)cc1. The molecule has 0 spiro atoms. The Morgan fingerprint density at radius 3 is 1.88 bits per heavy atom. The van der Waals surface area contributed by atoms with Gasteiger partial charge in [-0.15, -0.1) is 0 Å². The first-order chi connectivity index (χ1) is 19.0. The van der Waals surface area contributed by atoms with Crippen LogP contribution in [0.1, 0.15) is 26.3 Å². The van der Waals surface area contributed by atoms with E-state index in [1.54, 1.807) is 50.4 Å². The van der Waals surface area contributed by atoms with Crippen molar-refractivity contribution in [1.82, 2.24) is 10.2 Å². The average Bonchev–Trinajstić information content (AvgIpc) is 2.94. The molecule has 3 aromatic carbocycles. The van der Waals surface area contributed by atoms with Crippen molar-refractivity contribution in [2.24, 2.45) is 0 Å². The lowest BCUT2D eigenvalue weighted by Gasteiger charge is -2.32. The first-order valence-electron chi connectivity index (χ1n) is 12.6. The summed E-state index contributed by atoms with van der Waals surface area (Å²) in [7, 11) is -1.16. The first-order valence-corrected chi connectivity index (χ1v) is 14.4. The van der Waals surface area contributed by atoms with Gasteiger partial charge in [0.1, 0.15) is 24.1 Å². The number of hydrogen-bond acceptors (Lipinski definition) is 6. The average molecular weight is 588 g/mol. The number of hydrogen-bond donors (Lipinski definition) is 1. The molecular formula is C29H34ClN3O6S. The van der Waals surface area contributed by atoms with Crippen molar-refractivity contribution in [2.45, 2.75) is 44.3 Å². The molecule has 0 radical (unpaired) electrons. The second kappa shape index (κ2) is 13.5. The van der Waals surface area contributed by atoms with Crippen LogP contribution in [0.15, 0.2) is 77.7 Å². The van der Waals surface area contributed by atoms with E-state index < -0.39 is 28.5 Å². The molecule has 11 heteroatoms. The van der Waals surface area contributed by atoms with Crippen molar-refractivity contribution in [3.8, 4) is 11.5 Å². The maximum absolute atomic E-state index is 13.9. The third kappa shape index (κ3) is 7.67. The number of rotatable bonds is 12. The number of nitrogens with one attached hydrogen (secondary N) is 1. The molecular weight excluding hydrogens is 554 g/mol. The third-order valence-electron chi connectivity index (χ3n) is 6.15. The summed E-state index contributed by atoms with van der Waals surface area (Å²) in [5.74, 6) is 0.220. The summed E-state index contributed by atoms with van der Waals surface area (Å²) >= 11 is 6.06. The van der Waals surface area contributed by atoms with Gasteiger partial charge in [-0.1, -0.05) is 23.7 Å². The Morgan fingerprint density at radius 1 is 0.850 bits per heavy atom. The van der Waals surface area contributed by atoms with Gasteiger partial charge >= 0.3 is 0 Å². The number of carbonyl (C=O) groups excluding carboxylic acids is 2. The van der Waals surface area contributed by atoms with Crippen LogP contribution in [0.25, 0.3) is 0 Å². The van der Waals surface area contributed by atoms with Gasteiger partial charge in [0, 0.05) is 17.6 Å². The van der Waals surface area contributed by atoms with Gasteiger partial charge in [0.25, 0.3) is 10.0 Å². The molecule has 0 aliphatic rings. The maximum atomic E-state index is 13.9. The van der Waals surface area contributed by atoms with E-state index in [4.69, 9.17) is 21.1 Å². The predicted octanol–water partition coefficient (Wildman–Crippen LogP) is 4.49. The van der Waals surface area contributed by atoms with Crippen LogP contribution in [0.3, 0.4) is 0 Å². The zero-order valence-electron chi connectivity index (χ0n) is 23.1. The summed E-state index contributed by atoms with van der Waals surface area (Å²) in [6, 6.07) is 18.1. The minimum Gasteiger partial charge on any atom is -0.497 e. The largest absolute Gasteiger partial charge is 0.497 e. The molecule has 40 heavy (non-hydrogen) atoms. The van der Waals surface area contributed by atoms with Crippen LogP contribution < -0.4 is 19.1 Å². The minimum absolute atomic E-state index is 0.0247. The highest BCUT2D eigenvalue weighted by atomic mass is 35.5. The number of ether oxygens (including phenoxy) is 2. The van der Waals surface area contributed by atoms with Crippen LogP contribution in [0, 0.1) is 0 Å². The molecule has 3 aromatic rings. The Kier molecular flexibility index (Phi) is 10.4. The molecule has 0 saturated carbocycles. The topological polar surface area (TPSA) is 105 Å². The predicted molar refractivity (Wildman–Crippen MR) is 155 cm³/mol. The standard InChI is InChI=1S/C29H34ClN3O6S/c1-20(2)31-29(35)21(3)32(18-22-6-12-25(38-4)13-7-22)28(34)19-33(24-10-8-23(30)9-11-24)40(36,37)27-16-14-26(39-5)15-17-27/h6-17,20-21H,18-19H2,1-5H3,(H,31,35)/t21-/m0/s1. The zero-order valence-corrected chi connectivity index (χ0v) is 24.7. The van der Waals surface area contributed by atoms with Crippen LogP contribution in [0.4, 0.5) is 5.69 Å². The number of amides is 2. The van der Waals surface area contributed by atoms with E-state index in [2.05, 4.69) is 5.32 Å². The monoisotopic (exact) mass is 587 g/mol. The molecule has 0 unspecified atom stereocenters. The number of carbonyl (C=O) groups is 2. The highest BCUT2D eigenvalue weighted by Gasteiger charge is 2.32. The van der Waals surface area contributed by atoms with Gasteiger partial charge in [-0.3, -0.25) is 13.9 Å². The molecule has 0 aromatic heterocycles. The lowest BCUT2D eigenvalue weighted by Crippen LogP contribution is -2.52. The first kappa shape index (κ1) is 30.8. The summed E-state index contributed by atoms with van der Waals surface area (Å²) in [5.41, 5.74) is 0.992. The molecule has 0 aliphatic carbocycles. The van der Waals surface area contributed by atoms with Crippen molar-refractivity contribution in [3.63, 3.8) is 0 Å². The van der Waals surface area contributed by atoms with E-state index in [-0.39, 0.29) is 29.1 Å². The van der Waals surface area contributed by atoms with Crippen molar-refractivity contribution < 1.29 is 27.5 Å². The molecule has 0 aliphatic heterocycles. The summed E-state index contributed by atoms with van der Waals surface area (Å²) in [6.07, 6.45) is 0. The number of methoxy groups -OCH3 is 2. The summed E-state index contributed by atoms with van der Waals surface area (Å²) < 4.78 is 39.1. The third-order valence-corrected chi connectivity index (χ3v) is 8.19. The Labute approximate surface area is 240 Å².